The van der Waals surface area contributed by atoms with E-state index in [2.05, 4.69) is 9.71 Å². The van der Waals surface area contributed by atoms with Crippen molar-refractivity contribution >= 4 is 10.0 Å². The predicted molar refractivity (Wildman–Crippen MR) is 128 cm³/mol. The van der Waals surface area contributed by atoms with Gasteiger partial charge in [0.25, 0.3) is 5.56 Å². The number of fused-ring (bicyclic) bond motifs is 1. The zero-order valence-corrected chi connectivity index (χ0v) is 19.9. The molecule has 0 bridgehead atoms. The first-order valence-corrected chi connectivity index (χ1v) is 13.0. The fraction of sp³-hybridized carbons (Fsp3) is 0.360. The predicted octanol–water partition coefficient (Wildman–Crippen LogP) is 3.81. The van der Waals surface area contributed by atoms with Crippen LogP contribution in [-0.4, -0.2) is 30.3 Å². The van der Waals surface area contributed by atoms with E-state index in [-0.39, 0.29) is 17.5 Å². The third-order valence-electron chi connectivity index (χ3n) is 5.97. The number of benzene rings is 2. The second-order valence-corrected chi connectivity index (χ2v) is 10.6. The minimum Gasteiger partial charge on any atom is -0.457 e. The fourth-order valence-electron chi connectivity index (χ4n) is 4.44. The van der Waals surface area contributed by atoms with E-state index in [1.165, 1.54) is 0 Å². The average molecular weight is 468 g/mol. The summed E-state index contributed by atoms with van der Waals surface area (Å²) in [7, 11) is -3.46. The molecule has 1 aliphatic carbocycles. The largest absolute Gasteiger partial charge is 0.457 e. The summed E-state index contributed by atoms with van der Waals surface area (Å²) in [5, 5.41) is 0. The highest BCUT2D eigenvalue weighted by Crippen LogP contribution is 2.35. The van der Waals surface area contributed by atoms with E-state index in [0.29, 0.717) is 36.3 Å². The van der Waals surface area contributed by atoms with Crippen LogP contribution in [0.4, 0.5) is 0 Å². The highest BCUT2D eigenvalue weighted by molar-refractivity contribution is 7.88. The summed E-state index contributed by atoms with van der Waals surface area (Å²) in [5.74, 6) is 1.03. The summed E-state index contributed by atoms with van der Waals surface area (Å²) in [4.78, 5) is 18.0. The van der Waals surface area contributed by atoms with Gasteiger partial charge in [-0.15, -0.1) is 0 Å². The Balaban J connectivity index is 1.78. The minimum atomic E-state index is -3.46. The zero-order valence-electron chi connectivity index (χ0n) is 19.1. The van der Waals surface area contributed by atoms with Crippen LogP contribution in [0.2, 0.25) is 0 Å². The van der Waals surface area contributed by atoms with Crippen molar-refractivity contribution in [3.63, 3.8) is 0 Å². The molecule has 3 aromatic rings. The van der Waals surface area contributed by atoms with Crippen molar-refractivity contribution in [2.24, 2.45) is 0 Å². The summed E-state index contributed by atoms with van der Waals surface area (Å²) in [6.45, 7) is 3.87. The number of nitrogens with one attached hydrogen (secondary N) is 1. The van der Waals surface area contributed by atoms with Crippen molar-refractivity contribution in [3.05, 3.63) is 88.1 Å². The molecule has 0 spiro atoms. The quantitative estimate of drug-likeness (QED) is 0.571. The van der Waals surface area contributed by atoms with Gasteiger partial charge >= 0.3 is 0 Å². The first-order valence-electron chi connectivity index (χ1n) is 11.1. The van der Waals surface area contributed by atoms with E-state index in [4.69, 9.17) is 4.74 Å². The lowest BCUT2D eigenvalue weighted by Gasteiger charge is -2.33. The maximum atomic E-state index is 13.5. The SMILES string of the molecule is CC(C)n1cnc2c(c1=O)C(Cc1ccccc1Oc1ccccc1)C(NS(C)(=O)=O)CC2. The van der Waals surface area contributed by atoms with Crippen molar-refractivity contribution in [2.45, 2.75) is 51.1 Å². The van der Waals surface area contributed by atoms with Crippen LogP contribution in [0.3, 0.4) is 0 Å². The molecule has 0 radical (unpaired) electrons. The van der Waals surface area contributed by atoms with Gasteiger partial charge in [0.05, 0.1) is 18.3 Å². The van der Waals surface area contributed by atoms with Gasteiger partial charge in [-0.25, -0.2) is 18.1 Å². The molecule has 0 amide bonds. The Labute approximate surface area is 194 Å². The van der Waals surface area contributed by atoms with Gasteiger partial charge < -0.3 is 4.74 Å². The second kappa shape index (κ2) is 9.49. The molecule has 7 nitrogen and oxygen atoms in total. The number of rotatable bonds is 7. The first kappa shape index (κ1) is 23.2. The normalized spacial score (nSPS) is 18.2. The van der Waals surface area contributed by atoms with Crippen LogP contribution in [0.1, 0.15) is 49.0 Å². The molecule has 1 aromatic heterocycles. The number of sulfonamides is 1. The Hall–Kier alpha value is -2.97. The molecule has 2 unspecified atom stereocenters. The number of aromatic nitrogens is 2. The third-order valence-corrected chi connectivity index (χ3v) is 6.70. The zero-order chi connectivity index (χ0) is 23.6. The summed E-state index contributed by atoms with van der Waals surface area (Å²) in [6, 6.07) is 16.7. The molecule has 1 N–H and O–H groups in total. The van der Waals surface area contributed by atoms with E-state index in [0.717, 1.165) is 17.5 Å². The van der Waals surface area contributed by atoms with Crippen molar-refractivity contribution in [2.75, 3.05) is 6.26 Å². The molecular weight excluding hydrogens is 438 g/mol. The van der Waals surface area contributed by atoms with Crippen LogP contribution in [-0.2, 0) is 22.9 Å². The van der Waals surface area contributed by atoms with E-state index in [1.807, 2.05) is 68.4 Å². The van der Waals surface area contributed by atoms with Gasteiger partial charge in [-0.1, -0.05) is 36.4 Å². The molecule has 0 fully saturated rings. The van der Waals surface area contributed by atoms with Gasteiger partial charge in [0, 0.05) is 23.6 Å². The molecule has 2 atom stereocenters. The Morgan fingerprint density at radius 1 is 1.12 bits per heavy atom. The topological polar surface area (TPSA) is 90.3 Å². The van der Waals surface area contributed by atoms with E-state index in [9.17, 15) is 13.2 Å². The Kier molecular flexibility index (Phi) is 6.67. The van der Waals surface area contributed by atoms with Gasteiger partial charge in [0.2, 0.25) is 10.0 Å². The monoisotopic (exact) mass is 467 g/mol. The molecule has 0 saturated heterocycles. The lowest BCUT2D eigenvalue weighted by Crippen LogP contribution is -2.45. The molecule has 4 rings (SSSR count). The summed E-state index contributed by atoms with van der Waals surface area (Å²) in [6.07, 6.45) is 4.32. The molecular formula is C25H29N3O4S. The number of nitrogens with zero attached hydrogens (tertiary/aromatic N) is 2. The molecule has 0 saturated carbocycles. The van der Waals surface area contributed by atoms with E-state index in [1.54, 1.807) is 10.9 Å². The van der Waals surface area contributed by atoms with Crippen molar-refractivity contribution < 1.29 is 13.2 Å². The maximum Gasteiger partial charge on any atom is 0.257 e. The van der Waals surface area contributed by atoms with Crippen molar-refractivity contribution in [3.8, 4) is 11.5 Å². The summed E-state index contributed by atoms with van der Waals surface area (Å²) >= 11 is 0. The fourth-order valence-corrected chi connectivity index (χ4v) is 5.27. The van der Waals surface area contributed by atoms with E-state index < -0.39 is 16.1 Å². The molecule has 2 aromatic carbocycles. The third kappa shape index (κ3) is 5.34. The molecule has 1 heterocycles. The summed E-state index contributed by atoms with van der Waals surface area (Å²) in [5.41, 5.74) is 2.13. The van der Waals surface area contributed by atoms with Crippen LogP contribution in [0.25, 0.3) is 0 Å². The van der Waals surface area contributed by atoms with Gasteiger partial charge in [-0.3, -0.25) is 9.36 Å². The second-order valence-electron chi connectivity index (χ2n) is 8.78. The van der Waals surface area contributed by atoms with E-state index >= 15 is 0 Å². The molecule has 8 heteroatoms. The number of aryl methyl sites for hydroxylation is 1. The average Bonchev–Trinajstić information content (AvgIpc) is 2.76. The minimum absolute atomic E-state index is 0.0482. The molecule has 174 valence electrons. The van der Waals surface area contributed by atoms with Crippen molar-refractivity contribution in [1.29, 1.82) is 0 Å². The van der Waals surface area contributed by atoms with Gasteiger partial charge in [-0.05, 0) is 56.9 Å². The lowest BCUT2D eigenvalue weighted by atomic mass is 9.78. The summed E-state index contributed by atoms with van der Waals surface area (Å²) < 4.78 is 34.8. The van der Waals surface area contributed by atoms with Gasteiger partial charge in [0.15, 0.2) is 0 Å². The standard InChI is InChI=1S/C25H29N3O4S/c1-17(2)28-16-26-22-14-13-21(27-33(3,30)31)20(24(22)25(28)29)15-18-9-7-8-12-23(18)32-19-10-5-4-6-11-19/h4-12,16-17,20-21,27H,13-15H2,1-3H3. The molecule has 33 heavy (non-hydrogen) atoms. The van der Waals surface area contributed by atoms with Gasteiger partial charge in [0.1, 0.15) is 11.5 Å². The van der Waals surface area contributed by atoms with Crippen molar-refractivity contribution in [1.82, 2.24) is 14.3 Å². The Morgan fingerprint density at radius 2 is 1.82 bits per heavy atom. The number of hydrogen-bond acceptors (Lipinski definition) is 5. The maximum absolute atomic E-state index is 13.5. The number of para-hydroxylation sites is 2. The van der Waals surface area contributed by atoms with Crippen LogP contribution in [0, 0.1) is 0 Å². The van der Waals surface area contributed by atoms with Crippen LogP contribution < -0.4 is 15.0 Å². The molecule has 0 aliphatic heterocycles. The Morgan fingerprint density at radius 3 is 2.52 bits per heavy atom. The number of hydrogen-bond donors (Lipinski definition) is 1. The first-order chi connectivity index (χ1) is 15.7. The van der Waals surface area contributed by atoms with Crippen LogP contribution >= 0.6 is 0 Å². The highest BCUT2D eigenvalue weighted by Gasteiger charge is 2.35. The smallest absolute Gasteiger partial charge is 0.257 e. The molecule has 1 aliphatic rings. The Bertz CT molecular complexity index is 1290. The number of ether oxygens (including phenoxy) is 1. The highest BCUT2D eigenvalue weighted by atomic mass is 32.2. The van der Waals surface area contributed by atoms with Crippen LogP contribution in [0.15, 0.2) is 65.7 Å². The lowest BCUT2D eigenvalue weighted by molar-refractivity contribution is 0.407. The van der Waals surface area contributed by atoms with Crippen LogP contribution in [0.5, 0.6) is 11.5 Å². The van der Waals surface area contributed by atoms with Gasteiger partial charge in [-0.2, -0.15) is 0 Å².